The van der Waals surface area contributed by atoms with Gasteiger partial charge in [0.2, 0.25) is 0 Å². The third kappa shape index (κ3) is 6.01. The lowest BCUT2D eigenvalue weighted by atomic mass is 9.86. The molecule has 2 saturated heterocycles. The Balaban J connectivity index is 1.27. The standard InChI is InChI=1S/C35H38N4O5/c1-21-19-39(3)20-22(2)33(21)38-35(40)24-5-7-28(31(16-24)41-4)32-17-29-34(44-32)27(9-12-37-29)23-6-8-30(25(15-23)18-36)43-26-10-13-42-14-11-26/h5-9,12,15-17,21-22,26,33H,10-11,13-14,19-20H2,1-4H3,(H,38,40)/t21-,22+,33+. The van der Waals surface area contributed by atoms with Gasteiger partial charge in [-0.1, -0.05) is 19.9 Å². The van der Waals surface area contributed by atoms with Gasteiger partial charge >= 0.3 is 0 Å². The number of piperidine rings is 1. The number of hydrogen-bond donors (Lipinski definition) is 1. The van der Waals surface area contributed by atoms with Crippen LogP contribution in [0.2, 0.25) is 0 Å². The summed E-state index contributed by atoms with van der Waals surface area (Å²) in [6.45, 7) is 7.59. The quantitative estimate of drug-likeness (QED) is 0.281. The molecule has 2 aliphatic heterocycles. The number of nitriles is 1. The maximum Gasteiger partial charge on any atom is 0.251 e. The zero-order valence-corrected chi connectivity index (χ0v) is 25.6. The number of pyridine rings is 1. The fraction of sp³-hybridized carbons (Fsp3) is 0.400. The van der Waals surface area contributed by atoms with Crippen molar-refractivity contribution in [1.82, 2.24) is 15.2 Å². The first-order chi connectivity index (χ1) is 21.3. The van der Waals surface area contributed by atoms with E-state index in [1.54, 1.807) is 25.4 Å². The highest BCUT2D eigenvalue weighted by molar-refractivity contribution is 5.97. The van der Waals surface area contributed by atoms with E-state index in [0.29, 0.717) is 70.1 Å². The summed E-state index contributed by atoms with van der Waals surface area (Å²) in [5.74, 6) is 2.26. The van der Waals surface area contributed by atoms with Gasteiger partial charge in [0.15, 0.2) is 5.58 Å². The van der Waals surface area contributed by atoms with Gasteiger partial charge in [0.05, 0.1) is 31.5 Å². The molecule has 0 radical (unpaired) electrons. The van der Waals surface area contributed by atoms with Gasteiger partial charge in [0.1, 0.15) is 34.9 Å². The van der Waals surface area contributed by atoms with E-state index < -0.39 is 0 Å². The highest BCUT2D eigenvalue weighted by Crippen LogP contribution is 2.38. The van der Waals surface area contributed by atoms with Crippen molar-refractivity contribution in [3.63, 3.8) is 0 Å². The number of likely N-dealkylation sites (tertiary alicyclic amines) is 1. The molecule has 9 nitrogen and oxygen atoms in total. The highest BCUT2D eigenvalue weighted by atomic mass is 16.5. The zero-order chi connectivity index (χ0) is 30.8. The topological polar surface area (TPSA) is 110 Å². The van der Waals surface area contributed by atoms with Gasteiger partial charge in [-0.15, -0.1) is 0 Å². The Bertz CT molecular complexity index is 1690. The van der Waals surface area contributed by atoms with Crippen molar-refractivity contribution < 1.29 is 23.4 Å². The average Bonchev–Trinajstić information content (AvgIpc) is 3.47. The van der Waals surface area contributed by atoms with Crippen LogP contribution in [-0.2, 0) is 4.74 Å². The largest absolute Gasteiger partial charge is 0.496 e. The van der Waals surface area contributed by atoms with Crippen molar-refractivity contribution in [2.24, 2.45) is 11.8 Å². The number of aromatic nitrogens is 1. The van der Waals surface area contributed by atoms with Crippen LogP contribution >= 0.6 is 0 Å². The Morgan fingerprint density at radius 3 is 2.52 bits per heavy atom. The molecule has 2 aromatic heterocycles. The summed E-state index contributed by atoms with van der Waals surface area (Å²) in [7, 11) is 3.70. The Labute approximate surface area is 257 Å². The number of carbonyl (C=O) groups excluding carboxylic acids is 1. The lowest BCUT2D eigenvalue weighted by Crippen LogP contribution is -2.53. The number of benzene rings is 2. The first-order valence-corrected chi connectivity index (χ1v) is 15.2. The lowest BCUT2D eigenvalue weighted by Gasteiger charge is -2.40. The van der Waals surface area contributed by atoms with Crippen molar-refractivity contribution in [1.29, 1.82) is 5.26 Å². The van der Waals surface area contributed by atoms with E-state index in [1.165, 1.54) is 0 Å². The molecule has 0 saturated carbocycles. The van der Waals surface area contributed by atoms with Gasteiger partial charge < -0.3 is 28.8 Å². The van der Waals surface area contributed by atoms with Crippen LogP contribution in [0.5, 0.6) is 11.5 Å². The van der Waals surface area contributed by atoms with Crippen LogP contribution in [0.3, 0.4) is 0 Å². The number of ether oxygens (including phenoxy) is 3. The SMILES string of the molecule is COc1cc(C(=O)N[C@H]2[C@H](C)CN(C)C[C@@H]2C)ccc1-c1cc2nccc(-c3ccc(OC4CCOCC4)c(C#N)c3)c2o1. The molecule has 228 valence electrons. The Kier molecular flexibility index (Phi) is 8.56. The summed E-state index contributed by atoms with van der Waals surface area (Å²) in [6.07, 6.45) is 3.37. The second kappa shape index (κ2) is 12.7. The first-order valence-electron chi connectivity index (χ1n) is 15.2. The zero-order valence-electron chi connectivity index (χ0n) is 25.6. The van der Waals surface area contributed by atoms with Crippen LogP contribution < -0.4 is 14.8 Å². The predicted molar refractivity (Wildman–Crippen MR) is 168 cm³/mol. The van der Waals surface area contributed by atoms with E-state index in [2.05, 4.69) is 42.2 Å². The fourth-order valence-electron chi connectivity index (χ4n) is 6.56. The van der Waals surface area contributed by atoms with Gasteiger partial charge in [-0.25, -0.2) is 0 Å². The number of fused-ring (bicyclic) bond motifs is 1. The second-order valence-electron chi connectivity index (χ2n) is 12.0. The molecule has 3 atom stereocenters. The van der Waals surface area contributed by atoms with E-state index in [-0.39, 0.29) is 18.1 Å². The van der Waals surface area contributed by atoms with Crippen LogP contribution in [0, 0.1) is 23.2 Å². The summed E-state index contributed by atoms with van der Waals surface area (Å²) < 4.78 is 23.7. The number of furan rings is 1. The summed E-state index contributed by atoms with van der Waals surface area (Å²) in [6, 6.07) is 17.1. The normalized spacial score (nSPS) is 21.1. The minimum Gasteiger partial charge on any atom is -0.496 e. The van der Waals surface area contributed by atoms with E-state index in [4.69, 9.17) is 18.6 Å². The fourth-order valence-corrected chi connectivity index (χ4v) is 6.56. The molecule has 2 fully saturated rings. The van der Waals surface area contributed by atoms with Crippen LogP contribution in [0.25, 0.3) is 33.6 Å². The molecular weight excluding hydrogens is 556 g/mol. The first kappa shape index (κ1) is 29.7. The summed E-state index contributed by atoms with van der Waals surface area (Å²) >= 11 is 0. The lowest BCUT2D eigenvalue weighted by molar-refractivity contribution is 0.0254. The Hall–Kier alpha value is -4.39. The van der Waals surface area contributed by atoms with Crippen molar-refractivity contribution in [3.8, 4) is 40.0 Å². The summed E-state index contributed by atoms with van der Waals surface area (Å²) in [5.41, 5.74) is 4.62. The van der Waals surface area contributed by atoms with E-state index in [0.717, 1.165) is 37.1 Å². The number of rotatable bonds is 7. The molecule has 4 heterocycles. The number of amides is 1. The van der Waals surface area contributed by atoms with Crippen LogP contribution in [-0.4, -0.2) is 68.4 Å². The second-order valence-corrected chi connectivity index (χ2v) is 12.0. The summed E-state index contributed by atoms with van der Waals surface area (Å²) in [4.78, 5) is 20.1. The Morgan fingerprint density at radius 2 is 1.80 bits per heavy atom. The Morgan fingerprint density at radius 1 is 1.02 bits per heavy atom. The molecular formula is C35H38N4O5. The number of nitrogens with one attached hydrogen (secondary N) is 1. The highest BCUT2D eigenvalue weighted by Gasteiger charge is 2.32. The minimum absolute atomic E-state index is 0.0378. The molecule has 0 unspecified atom stereocenters. The number of hydrogen-bond acceptors (Lipinski definition) is 8. The van der Waals surface area contributed by atoms with E-state index >= 15 is 0 Å². The van der Waals surface area contributed by atoms with Gasteiger partial charge in [-0.3, -0.25) is 9.78 Å². The molecule has 2 aliphatic rings. The molecule has 0 aliphatic carbocycles. The van der Waals surface area contributed by atoms with Crippen LogP contribution in [0.1, 0.15) is 42.6 Å². The average molecular weight is 595 g/mol. The third-order valence-electron chi connectivity index (χ3n) is 8.74. The van der Waals surface area contributed by atoms with Gasteiger partial charge in [0, 0.05) is 55.4 Å². The van der Waals surface area contributed by atoms with E-state index in [9.17, 15) is 10.1 Å². The molecule has 0 bridgehead atoms. The smallest absolute Gasteiger partial charge is 0.251 e. The van der Waals surface area contributed by atoms with Gasteiger partial charge in [-0.05, 0) is 60.8 Å². The molecule has 1 N–H and O–H groups in total. The van der Waals surface area contributed by atoms with Gasteiger partial charge in [-0.2, -0.15) is 5.26 Å². The monoisotopic (exact) mass is 594 g/mol. The van der Waals surface area contributed by atoms with Crippen molar-refractivity contribution in [2.75, 3.05) is 40.5 Å². The van der Waals surface area contributed by atoms with Crippen LogP contribution in [0.4, 0.5) is 0 Å². The predicted octanol–water partition coefficient (Wildman–Crippen LogP) is 5.92. The van der Waals surface area contributed by atoms with Crippen molar-refractivity contribution in [2.45, 2.75) is 38.8 Å². The molecule has 1 amide bonds. The number of carbonyl (C=O) groups is 1. The van der Waals surface area contributed by atoms with Crippen molar-refractivity contribution >= 4 is 17.0 Å². The van der Waals surface area contributed by atoms with Gasteiger partial charge in [0.25, 0.3) is 5.91 Å². The van der Waals surface area contributed by atoms with Crippen molar-refractivity contribution in [3.05, 3.63) is 65.9 Å². The maximum atomic E-state index is 13.3. The number of methoxy groups -OCH3 is 1. The summed E-state index contributed by atoms with van der Waals surface area (Å²) in [5, 5.41) is 13.2. The molecule has 4 aromatic rings. The maximum absolute atomic E-state index is 13.3. The molecule has 9 heteroatoms. The van der Waals surface area contributed by atoms with Crippen LogP contribution in [0.15, 0.2) is 59.1 Å². The minimum atomic E-state index is -0.116. The molecule has 2 aromatic carbocycles. The molecule has 6 rings (SSSR count). The molecule has 0 spiro atoms. The van der Waals surface area contributed by atoms with E-state index in [1.807, 2.05) is 36.4 Å². The molecule has 44 heavy (non-hydrogen) atoms. The number of nitrogens with zero attached hydrogens (tertiary/aromatic N) is 3. The third-order valence-corrected chi connectivity index (χ3v) is 8.74.